The van der Waals surface area contributed by atoms with E-state index in [1.54, 1.807) is 7.05 Å². The largest absolute Gasteiger partial charge is 0.361 e. The number of pyridine rings is 1. The van der Waals surface area contributed by atoms with Crippen LogP contribution in [0.5, 0.6) is 0 Å². The highest BCUT2D eigenvalue weighted by atomic mass is 16.5. The summed E-state index contributed by atoms with van der Waals surface area (Å²) in [5.74, 6) is 1.65. The molecule has 25 heavy (non-hydrogen) atoms. The lowest BCUT2D eigenvalue weighted by atomic mass is 10.1. The van der Waals surface area contributed by atoms with Crippen molar-refractivity contribution < 1.29 is 4.52 Å². The molecule has 0 spiro atoms. The van der Waals surface area contributed by atoms with Gasteiger partial charge in [-0.15, -0.1) is 0 Å². The molecule has 0 bridgehead atoms. The number of aromatic nitrogens is 2. The highest BCUT2D eigenvalue weighted by Gasteiger charge is 2.09. The van der Waals surface area contributed by atoms with Crippen LogP contribution in [-0.2, 0) is 13.0 Å². The first-order chi connectivity index (χ1) is 12.2. The number of nitrogens with zero attached hydrogens (tertiary/aromatic N) is 3. The molecule has 6 nitrogen and oxygen atoms in total. The van der Waals surface area contributed by atoms with Gasteiger partial charge >= 0.3 is 0 Å². The smallest absolute Gasteiger partial charge is 0.191 e. The molecule has 0 saturated carbocycles. The number of aliphatic imine (C=N–C) groups is 1. The Hall–Kier alpha value is -2.89. The highest BCUT2D eigenvalue weighted by molar-refractivity contribution is 5.83. The predicted octanol–water partition coefficient (Wildman–Crippen LogP) is 2.75. The SMILES string of the molecule is CN=C(NCCc1c(C)noc1C)NCc1ccnc2ccccc12. The van der Waals surface area contributed by atoms with Crippen LogP contribution >= 0.6 is 0 Å². The van der Waals surface area contributed by atoms with Gasteiger partial charge in [-0.25, -0.2) is 0 Å². The third kappa shape index (κ3) is 3.96. The zero-order valence-corrected chi connectivity index (χ0v) is 14.8. The van der Waals surface area contributed by atoms with Gasteiger partial charge in [-0.3, -0.25) is 9.98 Å². The lowest BCUT2D eigenvalue weighted by Gasteiger charge is -2.13. The summed E-state index contributed by atoms with van der Waals surface area (Å²) in [6, 6.07) is 10.2. The summed E-state index contributed by atoms with van der Waals surface area (Å²) in [7, 11) is 1.77. The van der Waals surface area contributed by atoms with Gasteiger partial charge in [0.05, 0.1) is 11.2 Å². The van der Waals surface area contributed by atoms with Gasteiger partial charge in [-0.2, -0.15) is 0 Å². The average molecular weight is 337 g/mol. The van der Waals surface area contributed by atoms with Crippen molar-refractivity contribution in [3.8, 4) is 0 Å². The number of guanidine groups is 1. The monoisotopic (exact) mass is 337 g/mol. The first kappa shape index (κ1) is 17.0. The fourth-order valence-electron chi connectivity index (χ4n) is 2.87. The highest BCUT2D eigenvalue weighted by Crippen LogP contribution is 2.15. The Morgan fingerprint density at radius 3 is 2.76 bits per heavy atom. The van der Waals surface area contributed by atoms with Crippen LogP contribution in [0, 0.1) is 13.8 Å². The Morgan fingerprint density at radius 2 is 2.00 bits per heavy atom. The third-order valence-electron chi connectivity index (χ3n) is 4.26. The van der Waals surface area contributed by atoms with Crippen molar-refractivity contribution >= 4 is 16.9 Å². The second-order valence-electron chi connectivity index (χ2n) is 5.89. The number of aryl methyl sites for hydroxylation is 2. The fourth-order valence-corrected chi connectivity index (χ4v) is 2.87. The minimum Gasteiger partial charge on any atom is -0.361 e. The molecule has 1 aromatic carbocycles. The van der Waals surface area contributed by atoms with Crippen LogP contribution in [0.3, 0.4) is 0 Å². The molecular formula is C19H23N5O. The van der Waals surface area contributed by atoms with Gasteiger partial charge in [0.15, 0.2) is 5.96 Å². The van der Waals surface area contributed by atoms with E-state index in [0.717, 1.165) is 46.8 Å². The fraction of sp³-hybridized carbons (Fsp3) is 0.316. The van der Waals surface area contributed by atoms with E-state index in [-0.39, 0.29) is 0 Å². The number of para-hydroxylation sites is 1. The Labute approximate surface area is 147 Å². The molecule has 2 aromatic heterocycles. The molecule has 0 aliphatic heterocycles. The van der Waals surface area contributed by atoms with Crippen LogP contribution < -0.4 is 10.6 Å². The third-order valence-corrected chi connectivity index (χ3v) is 4.26. The van der Waals surface area contributed by atoms with Crippen molar-refractivity contribution in [2.75, 3.05) is 13.6 Å². The van der Waals surface area contributed by atoms with E-state index >= 15 is 0 Å². The number of fused-ring (bicyclic) bond motifs is 1. The Morgan fingerprint density at radius 1 is 1.16 bits per heavy atom. The van der Waals surface area contributed by atoms with Crippen molar-refractivity contribution in [1.29, 1.82) is 0 Å². The van der Waals surface area contributed by atoms with E-state index in [4.69, 9.17) is 4.52 Å². The number of rotatable bonds is 5. The van der Waals surface area contributed by atoms with E-state index in [9.17, 15) is 0 Å². The lowest BCUT2D eigenvalue weighted by molar-refractivity contribution is 0.392. The van der Waals surface area contributed by atoms with Crippen LogP contribution in [0.4, 0.5) is 0 Å². The molecule has 2 heterocycles. The summed E-state index contributed by atoms with van der Waals surface area (Å²) in [4.78, 5) is 8.68. The number of benzene rings is 1. The zero-order chi connectivity index (χ0) is 17.6. The normalized spacial score (nSPS) is 11.7. The quantitative estimate of drug-likeness (QED) is 0.553. The summed E-state index contributed by atoms with van der Waals surface area (Å²) < 4.78 is 5.20. The summed E-state index contributed by atoms with van der Waals surface area (Å²) >= 11 is 0. The minimum absolute atomic E-state index is 0.689. The standard InChI is InChI=1S/C19H23N5O/c1-13-16(14(2)25-24-13)9-11-22-19(20-3)23-12-15-8-10-21-18-7-5-4-6-17(15)18/h4-8,10H,9,11-12H2,1-3H3,(H2,20,22,23). The van der Waals surface area contributed by atoms with E-state index in [0.29, 0.717) is 6.54 Å². The molecule has 6 heteroatoms. The zero-order valence-electron chi connectivity index (χ0n) is 14.8. The summed E-state index contributed by atoms with van der Waals surface area (Å²) in [5, 5.41) is 11.8. The van der Waals surface area contributed by atoms with Crippen molar-refractivity contribution in [1.82, 2.24) is 20.8 Å². The molecule has 0 radical (unpaired) electrons. The number of hydrogen-bond acceptors (Lipinski definition) is 4. The second-order valence-corrected chi connectivity index (χ2v) is 5.89. The molecule has 0 amide bonds. The molecule has 0 aliphatic carbocycles. The van der Waals surface area contributed by atoms with Gasteiger partial charge in [-0.1, -0.05) is 23.4 Å². The van der Waals surface area contributed by atoms with E-state index in [1.165, 1.54) is 5.56 Å². The average Bonchev–Trinajstić information content (AvgIpc) is 2.96. The van der Waals surface area contributed by atoms with E-state index < -0.39 is 0 Å². The molecule has 130 valence electrons. The number of hydrogen-bond donors (Lipinski definition) is 2. The summed E-state index contributed by atoms with van der Waals surface area (Å²) in [5.41, 5.74) is 4.30. The predicted molar refractivity (Wildman–Crippen MR) is 99.6 cm³/mol. The Bertz CT molecular complexity index is 860. The van der Waals surface area contributed by atoms with Crippen LogP contribution in [0.25, 0.3) is 10.9 Å². The summed E-state index contributed by atoms with van der Waals surface area (Å²) in [6.45, 7) is 5.36. The first-order valence-electron chi connectivity index (χ1n) is 8.38. The van der Waals surface area contributed by atoms with Gasteiger partial charge in [-0.05, 0) is 38.0 Å². The molecule has 0 fully saturated rings. The molecule has 0 aliphatic rings. The van der Waals surface area contributed by atoms with Crippen molar-refractivity contribution in [3.05, 3.63) is 59.1 Å². The van der Waals surface area contributed by atoms with Crippen LogP contribution in [0.2, 0.25) is 0 Å². The molecule has 0 atom stereocenters. The summed E-state index contributed by atoms with van der Waals surface area (Å²) in [6.07, 6.45) is 2.69. The lowest BCUT2D eigenvalue weighted by Crippen LogP contribution is -2.38. The van der Waals surface area contributed by atoms with E-state index in [1.807, 2.05) is 44.3 Å². The van der Waals surface area contributed by atoms with Crippen LogP contribution in [0.15, 0.2) is 46.0 Å². The van der Waals surface area contributed by atoms with Gasteiger partial charge in [0, 0.05) is 37.3 Å². The molecule has 2 N–H and O–H groups in total. The van der Waals surface area contributed by atoms with E-state index in [2.05, 4.69) is 31.8 Å². The molecule has 3 rings (SSSR count). The maximum absolute atomic E-state index is 5.20. The second kappa shape index (κ2) is 7.79. The van der Waals surface area contributed by atoms with Crippen molar-refractivity contribution in [2.45, 2.75) is 26.8 Å². The first-order valence-corrected chi connectivity index (χ1v) is 8.38. The van der Waals surface area contributed by atoms with Crippen LogP contribution in [-0.4, -0.2) is 29.7 Å². The van der Waals surface area contributed by atoms with Gasteiger partial charge in [0.1, 0.15) is 5.76 Å². The molecule has 3 aromatic rings. The Kier molecular flexibility index (Phi) is 5.28. The Balaban J connectivity index is 1.57. The maximum atomic E-state index is 5.20. The van der Waals surface area contributed by atoms with Gasteiger partial charge < -0.3 is 15.2 Å². The maximum Gasteiger partial charge on any atom is 0.191 e. The molecule has 0 unspecified atom stereocenters. The van der Waals surface area contributed by atoms with Crippen molar-refractivity contribution in [3.63, 3.8) is 0 Å². The number of nitrogens with one attached hydrogen (secondary N) is 2. The van der Waals surface area contributed by atoms with Gasteiger partial charge in [0.2, 0.25) is 0 Å². The minimum atomic E-state index is 0.689. The van der Waals surface area contributed by atoms with Crippen molar-refractivity contribution in [2.24, 2.45) is 4.99 Å². The van der Waals surface area contributed by atoms with Gasteiger partial charge in [0.25, 0.3) is 0 Å². The molecular weight excluding hydrogens is 314 g/mol. The van der Waals surface area contributed by atoms with Crippen LogP contribution in [0.1, 0.15) is 22.6 Å². The topological polar surface area (TPSA) is 75.3 Å². The molecule has 0 saturated heterocycles.